The lowest BCUT2D eigenvalue weighted by Crippen LogP contribution is -2.29. The molecule has 7 nitrogen and oxygen atoms in total. The second-order valence-electron chi connectivity index (χ2n) is 7.96. The van der Waals surface area contributed by atoms with E-state index in [0.29, 0.717) is 22.4 Å². The number of esters is 1. The fourth-order valence-electron chi connectivity index (χ4n) is 3.97. The van der Waals surface area contributed by atoms with Crippen molar-refractivity contribution >= 4 is 45.0 Å². The van der Waals surface area contributed by atoms with E-state index in [0.717, 1.165) is 10.0 Å². The number of hydrogen-bond donors (Lipinski definition) is 1. The Labute approximate surface area is 210 Å². The minimum Gasteiger partial charge on any atom is -0.507 e. The molecule has 1 heterocycles. The average molecular weight is 531 g/mol. The van der Waals surface area contributed by atoms with Crippen LogP contribution in [0.2, 0.25) is 0 Å². The van der Waals surface area contributed by atoms with Crippen molar-refractivity contribution in [2.45, 2.75) is 19.9 Å². The third-order valence-electron chi connectivity index (χ3n) is 5.59. The summed E-state index contributed by atoms with van der Waals surface area (Å²) in [6.07, 6.45) is 0. The lowest BCUT2D eigenvalue weighted by atomic mass is 9.94. The van der Waals surface area contributed by atoms with Gasteiger partial charge in [-0.25, -0.2) is 0 Å². The van der Waals surface area contributed by atoms with E-state index in [1.165, 1.54) is 11.8 Å². The molecule has 1 fully saturated rings. The molecule has 0 spiro atoms. The van der Waals surface area contributed by atoms with Gasteiger partial charge < -0.3 is 9.84 Å². The second kappa shape index (κ2) is 9.57. The number of rotatable bonds is 4. The van der Waals surface area contributed by atoms with E-state index >= 15 is 0 Å². The first-order valence-electron chi connectivity index (χ1n) is 10.6. The molecular weight excluding hydrogens is 512 g/mol. The number of aliphatic hydroxyl groups excluding tert-OH is 1. The number of anilines is 1. The van der Waals surface area contributed by atoms with Crippen molar-refractivity contribution in [1.29, 1.82) is 5.26 Å². The normalized spacial score (nSPS) is 16.7. The highest BCUT2D eigenvalue weighted by atomic mass is 79.9. The summed E-state index contributed by atoms with van der Waals surface area (Å²) in [5.74, 6) is -2.28. The van der Waals surface area contributed by atoms with E-state index in [4.69, 9.17) is 10.00 Å². The van der Waals surface area contributed by atoms with Gasteiger partial charge in [0.15, 0.2) is 0 Å². The lowest BCUT2D eigenvalue weighted by Gasteiger charge is -2.25. The molecule has 3 aromatic carbocycles. The van der Waals surface area contributed by atoms with E-state index in [1.54, 1.807) is 66.7 Å². The number of aryl methyl sites for hydroxylation is 1. The number of benzene rings is 3. The van der Waals surface area contributed by atoms with Gasteiger partial charge in [-0.1, -0.05) is 34.1 Å². The van der Waals surface area contributed by atoms with Gasteiger partial charge in [0.25, 0.3) is 11.7 Å². The highest BCUT2D eigenvalue weighted by Crippen LogP contribution is 2.43. The highest BCUT2D eigenvalue weighted by molar-refractivity contribution is 9.10. The number of Topliss-reactive ketones (excluding diaryl/α,β-unsaturated/α-hetero) is 1. The van der Waals surface area contributed by atoms with Gasteiger partial charge in [-0.2, -0.15) is 5.26 Å². The van der Waals surface area contributed by atoms with Crippen molar-refractivity contribution < 1.29 is 24.2 Å². The second-order valence-corrected chi connectivity index (χ2v) is 8.81. The Kier molecular flexibility index (Phi) is 6.54. The van der Waals surface area contributed by atoms with Crippen LogP contribution in [0.1, 0.15) is 35.2 Å². The van der Waals surface area contributed by atoms with Gasteiger partial charge in [0.05, 0.1) is 23.2 Å². The Morgan fingerprint density at radius 3 is 2.43 bits per heavy atom. The van der Waals surface area contributed by atoms with E-state index in [9.17, 15) is 19.5 Å². The number of nitriles is 1. The molecule has 3 aromatic rings. The summed E-state index contributed by atoms with van der Waals surface area (Å²) < 4.78 is 6.03. The predicted molar refractivity (Wildman–Crippen MR) is 133 cm³/mol. The Hall–Kier alpha value is -4.22. The van der Waals surface area contributed by atoms with Crippen LogP contribution in [0.25, 0.3) is 5.76 Å². The van der Waals surface area contributed by atoms with Crippen molar-refractivity contribution in [1.82, 2.24) is 0 Å². The summed E-state index contributed by atoms with van der Waals surface area (Å²) in [6, 6.07) is 18.8. The molecule has 0 radical (unpaired) electrons. The molecular formula is C27H19BrN2O5. The fraction of sp³-hybridized carbons (Fsp3) is 0.111. The van der Waals surface area contributed by atoms with Gasteiger partial charge in [0.2, 0.25) is 0 Å². The van der Waals surface area contributed by atoms with Crippen molar-refractivity contribution in [3.05, 3.63) is 99.0 Å². The number of carbonyl (C=O) groups excluding carboxylic acids is 3. The maximum atomic E-state index is 13.3. The first kappa shape index (κ1) is 23.9. The van der Waals surface area contributed by atoms with Crippen LogP contribution in [0.3, 0.4) is 0 Å². The average Bonchev–Trinajstić information content (AvgIpc) is 3.10. The van der Waals surface area contributed by atoms with Crippen LogP contribution >= 0.6 is 15.9 Å². The maximum absolute atomic E-state index is 13.3. The molecule has 1 saturated heterocycles. The molecule has 0 saturated carbocycles. The van der Waals surface area contributed by atoms with Crippen molar-refractivity contribution in [2.24, 2.45) is 0 Å². The van der Waals surface area contributed by atoms with E-state index in [-0.39, 0.29) is 17.1 Å². The Morgan fingerprint density at radius 1 is 1.09 bits per heavy atom. The largest absolute Gasteiger partial charge is 0.507 e. The smallest absolute Gasteiger partial charge is 0.308 e. The number of nitrogens with zero attached hydrogens (tertiary/aromatic N) is 2. The standard InChI is InChI=1S/C27H19BrN2O5/c1-15-12-19(8-11-22(15)28)25(32)23-24(18-4-3-5-21(13-18)35-16(2)31)30(27(34)26(23)33)20-9-6-17(14-29)7-10-20/h3-13,24,32H,1-2H3/b25-23-. The number of ketones is 1. The monoisotopic (exact) mass is 530 g/mol. The zero-order chi connectivity index (χ0) is 25.3. The molecule has 4 rings (SSSR count). The summed E-state index contributed by atoms with van der Waals surface area (Å²) in [7, 11) is 0. The van der Waals surface area contributed by atoms with Gasteiger partial charge >= 0.3 is 5.97 Å². The van der Waals surface area contributed by atoms with Gasteiger partial charge in [0.1, 0.15) is 11.5 Å². The number of carbonyl (C=O) groups is 3. The topological polar surface area (TPSA) is 108 Å². The molecule has 1 N–H and O–H groups in total. The molecule has 8 heteroatoms. The summed E-state index contributed by atoms with van der Waals surface area (Å²) >= 11 is 3.42. The number of aliphatic hydroxyl groups is 1. The predicted octanol–water partition coefficient (Wildman–Crippen LogP) is 5.18. The van der Waals surface area contributed by atoms with Gasteiger partial charge in [-0.15, -0.1) is 0 Å². The van der Waals surface area contributed by atoms with Crippen molar-refractivity contribution in [2.75, 3.05) is 4.90 Å². The number of amides is 1. The van der Waals surface area contributed by atoms with Crippen LogP contribution in [0.15, 0.2) is 76.8 Å². The third-order valence-corrected chi connectivity index (χ3v) is 6.48. The number of hydrogen-bond acceptors (Lipinski definition) is 6. The summed E-state index contributed by atoms with van der Waals surface area (Å²) in [5.41, 5.74) is 2.35. The first-order chi connectivity index (χ1) is 16.7. The van der Waals surface area contributed by atoms with Crippen LogP contribution in [0.4, 0.5) is 5.69 Å². The minimum atomic E-state index is -0.998. The summed E-state index contributed by atoms with van der Waals surface area (Å²) in [6.45, 7) is 3.11. The Morgan fingerprint density at radius 2 is 1.80 bits per heavy atom. The molecule has 1 unspecified atom stereocenters. The van der Waals surface area contributed by atoms with Crippen LogP contribution in [0, 0.1) is 18.3 Å². The fourth-order valence-corrected chi connectivity index (χ4v) is 4.22. The zero-order valence-electron chi connectivity index (χ0n) is 18.8. The van der Waals surface area contributed by atoms with Crippen LogP contribution in [-0.2, 0) is 14.4 Å². The lowest BCUT2D eigenvalue weighted by molar-refractivity contribution is -0.132. The maximum Gasteiger partial charge on any atom is 0.308 e. The van der Waals surface area contributed by atoms with Gasteiger partial charge in [0, 0.05) is 22.6 Å². The van der Waals surface area contributed by atoms with Crippen molar-refractivity contribution in [3.8, 4) is 11.8 Å². The van der Waals surface area contributed by atoms with Crippen molar-refractivity contribution in [3.63, 3.8) is 0 Å². The minimum absolute atomic E-state index is 0.0962. The molecule has 0 aliphatic carbocycles. The van der Waals surface area contributed by atoms with Gasteiger partial charge in [-0.3, -0.25) is 19.3 Å². The van der Waals surface area contributed by atoms with E-state index in [1.807, 2.05) is 13.0 Å². The zero-order valence-corrected chi connectivity index (χ0v) is 20.4. The molecule has 1 atom stereocenters. The molecule has 1 amide bonds. The molecule has 35 heavy (non-hydrogen) atoms. The third kappa shape index (κ3) is 4.59. The SMILES string of the molecule is CC(=O)Oc1cccc(C2/C(=C(/O)c3ccc(Br)c(C)c3)C(=O)C(=O)N2c2ccc(C#N)cc2)c1. The van der Waals surface area contributed by atoms with Crippen LogP contribution in [0.5, 0.6) is 5.75 Å². The van der Waals surface area contributed by atoms with E-state index in [2.05, 4.69) is 15.9 Å². The quantitative estimate of drug-likeness (QED) is 0.164. The first-order valence-corrected chi connectivity index (χ1v) is 11.4. The molecule has 1 aliphatic rings. The number of ether oxygens (including phenoxy) is 1. The summed E-state index contributed by atoms with van der Waals surface area (Å²) in [4.78, 5) is 39.3. The molecule has 0 bridgehead atoms. The Balaban J connectivity index is 1.94. The highest BCUT2D eigenvalue weighted by Gasteiger charge is 2.47. The molecule has 1 aliphatic heterocycles. The van der Waals surface area contributed by atoms with Crippen LogP contribution < -0.4 is 9.64 Å². The van der Waals surface area contributed by atoms with Gasteiger partial charge in [-0.05, 0) is 66.6 Å². The summed E-state index contributed by atoms with van der Waals surface area (Å²) in [5, 5.41) is 20.4. The Bertz CT molecular complexity index is 1440. The van der Waals surface area contributed by atoms with E-state index < -0.39 is 23.7 Å². The number of halogens is 1. The molecule has 174 valence electrons. The van der Waals surface area contributed by atoms with Crippen LogP contribution in [-0.4, -0.2) is 22.8 Å². The molecule has 0 aromatic heterocycles.